The van der Waals surface area contributed by atoms with Crippen molar-refractivity contribution in [1.29, 1.82) is 0 Å². The van der Waals surface area contributed by atoms with E-state index >= 15 is 0 Å². The number of hydrogen-bond acceptors (Lipinski definition) is 5. The summed E-state index contributed by atoms with van der Waals surface area (Å²) in [5.74, 6) is 0.254. The third-order valence-corrected chi connectivity index (χ3v) is 5.70. The molecule has 0 aliphatic carbocycles. The van der Waals surface area contributed by atoms with Gasteiger partial charge in [0.1, 0.15) is 11.5 Å². The predicted molar refractivity (Wildman–Crippen MR) is 135 cm³/mol. The highest BCUT2D eigenvalue weighted by Gasteiger charge is 2.13. The molecule has 35 heavy (non-hydrogen) atoms. The number of halogens is 1. The zero-order valence-electron chi connectivity index (χ0n) is 19.5. The molecule has 2 aromatic heterocycles. The highest BCUT2D eigenvalue weighted by Crippen LogP contribution is 2.24. The second kappa shape index (κ2) is 10.4. The van der Waals surface area contributed by atoms with Crippen LogP contribution in [0.25, 0.3) is 17.0 Å². The molecular formula is C27H24ClN3O4. The Morgan fingerprint density at radius 2 is 1.74 bits per heavy atom. The number of esters is 1. The van der Waals surface area contributed by atoms with Crippen LogP contribution in [0.5, 0.6) is 0 Å². The van der Waals surface area contributed by atoms with Crippen molar-refractivity contribution in [2.45, 2.75) is 20.8 Å². The van der Waals surface area contributed by atoms with Crippen LogP contribution < -0.4 is 5.43 Å². The summed E-state index contributed by atoms with van der Waals surface area (Å²) in [5.41, 5.74) is 7.09. The Hall–Kier alpha value is -4.10. The van der Waals surface area contributed by atoms with E-state index in [1.807, 2.05) is 32.0 Å². The Balaban J connectivity index is 1.40. The fraction of sp³-hybridized carbons (Fsp3) is 0.148. The molecule has 7 nitrogen and oxygen atoms in total. The maximum Gasteiger partial charge on any atom is 0.338 e. The lowest BCUT2D eigenvalue weighted by Crippen LogP contribution is -2.18. The maximum atomic E-state index is 12.6. The van der Waals surface area contributed by atoms with Crippen LogP contribution in [-0.4, -0.2) is 29.3 Å². The van der Waals surface area contributed by atoms with Crippen molar-refractivity contribution < 1.29 is 18.7 Å². The van der Waals surface area contributed by atoms with Gasteiger partial charge in [0, 0.05) is 22.6 Å². The van der Waals surface area contributed by atoms with Crippen molar-refractivity contribution in [1.82, 2.24) is 9.99 Å². The maximum absolute atomic E-state index is 12.6. The Morgan fingerprint density at radius 1 is 1.03 bits per heavy atom. The summed E-state index contributed by atoms with van der Waals surface area (Å²) in [7, 11) is 0. The van der Waals surface area contributed by atoms with E-state index in [1.165, 1.54) is 6.21 Å². The van der Waals surface area contributed by atoms with Gasteiger partial charge < -0.3 is 13.7 Å². The molecule has 0 aliphatic rings. The molecule has 0 unspecified atom stereocenters. The van der Waals surface area contributed by atoms with Crippen LogP contribution in [0.4, 0.5) is 0 Å². The predicted octanol–water partition coefficient (Wildman–Crippen LogP) is 5.95. The van der Waals surface area contributed by atoms with Gasteiger partial charge in [-0.15, -0.1) is 0 Å². The van der Waals surface area contributed by atoms with Crippen LogP contribution in [0.3, 0.4) is 0 Å². The van der Waals surface area contributed by atoms with E-state index in [1.54, 1.807) is 55.5 Å². The first kappa shape index (κ1) is 24.0. The van der Waals surface area contributed by atoms with Crippen molar-refractivity contribution in [2.24, 2.45) is 5.10 Å². The largest absolute Gasteiger partial charge is 0.462 e. The van der Waals surface area contributed by atoms with Gasteiger partial charge in [-0.1, -0.05) is 23.7 Å². The Morgan fingerprint density at radius 3 is 2.40 bits per heavy atom. The van der Waals surface area contributed by atoms with Crippen molar-refractivity contribution in [3.63, 3.8) is 0 Å². The lowest BCUT2D eigenvalue weighted by Gasteiger charge is -2.11. The van der Waals surface area contributed by atoms with Crippen molar-refractivity contribution in [2.75, 3.05) is 6.61 Å². The molecule has 0 saturated carbocycles. The van der Waals surface area contributed by atoms with Crippen LogP contribution in [0, 0.1) is 13.8 Å². The third kappa shape index (κ3) is 5.36. The number of nitrogens with one attached hydrogen (secondary N) is 1. The Labute approximate surface area is 208 Å². The highest BCUT2D eigenvalue weighted by atomic mass is 35.5. The molecule has 2 aromatic carbocycles. The normalized spacial score (nSPS) is 11.1. The highest BCUT2D eigenvalue weighted by molar-refractivity contribution is 6.34. The number of amides is 1. The summed E-state index contributed by atoms with van der Waals surface area (Å²) in [4.78, 5) is 24.3. The Bertz CT molecular complexity index is 1380. The number of hydrogen-bond donors (Lipinski definition) is 1. The summed E-state index contributed by atoms with van der Waals surface area (Å²) in [6.45, 7) is 6.10. The van der Waals surface area contributed by atoms with Crippen molar-refractivity contribution in [3.05, 3.63) is 100 Å². The van der Waals surface area contributed by atoms with E-state index in [2.05, 4.69) is 15.1 Å². The lowest BCUT2D eigenvalue weighted by atomic mass is 10.1. The molecule has 0 fully saturated rings. The van der Waals surface area contributed by atoms with E-state index in [0.29, 0.717) is 34.3 Å². The van der Waals surface area contributed by atoms with Crippen molar-refractivity contribution in [3.8, 4) is 17.0 Å². The van der Waals surface area contributed by atoms with E-state index < -0.39 is 5.91 Å². The SMILES string of the molecule is CCOC(=O)c1ccc(-c2ccc(/C=N/NC(=O)c3ccc(-n4c(C)ccc4C)cc3Cl)o2)cc1. The summed E-state index contributed by atoms with van der Waals surface area (Å²) in [5, 5.41) is 4.31. The molecule has 8 heteroatoms. The standard InChI is InChI=1S/C27H24ClN3O4/c1-4-34-27(33)20-9-7-19(8-10-20)25-14-12-22(35-25)16-29-30-26(32)23-13-11-21(15-24(23)28)31-17(2)5-6-18(31)3/h5-16H,4H2,1-3H3,(H,30,32)/b29-16+. The molecule has 0 aliphatic heterocycles. The van der Waals surface area contributed by atoms with E-state index in [4.69, 9.17) is 20.8 Å². The molecule has 0 atom stereocenters. The second-order valence-corrected chi connectivity index (χ2v) is 8.22. The molecule has 0 saturated heterocycles. The number of benzene rings is 2. The molecule has 0 spiro atoms. The summed E-state index contributed by atoms with van der Waals surface area (Å²) in [6, 6.07) is 19.7. The number of aromatic nitrogens is 1. The second-order valence-electron chi connectivity index (χ2n) is 7.81. The number of aryl methyl sites for hydroxylation is 2. The fourth-order valence-electron chi connectivity index (χ4n) is 3.68. The number of ether oxygens (including phenoxy) is 1. The number of carbonyl (C=O) groups is 2. The fourth-order valence-corrected chi connectivity index (χ4v) is 3.94. The van der Waals surface area contributed by atoms with Gasteiger partial charge in [0.05, 0.1) is 29.0 Å². The quantitative estimate of drug-likeness (QED) is 0.197. The van der Waals surface area contributed by atoms with Gasteiger partial charge in [0.25, 0.3) is 5.91 Å². The van der Waals surface area contributed by atoms with Crippen LogP contribution in [-0.2, 0) is 4.74 Å². The Kier molecular flexibility index (Phi) is 7.17. The first-order valence-electron chi connectivity index (χ1n) is 11.0. The minimum Gasteiger partial charge on any atom is -0.462 e. The summed E-state index contributed by atoms with van der Waals surface area (Å²) >= 11 is 6.39. The van der Waals surface area contributed by atoms with Gasteiger partial charge in [-0.25, -0.2) is 10.2 Å². The monoisotopic (exact) mass is 489 g/mol. The van der Waals surface area contributed by atoms with E-state index in [-0.39, 0.29) is 5.97 Å². The lowest BCUT2D eigenvalue weighted by molar-refractivity contribution is 0.0526. The molecule has 0 radical (unpaired) electrons. The molecule has 4 rings (SSSR count). The van der Waals surface area contributed by atoms with E-state index in [9.17, 15) is 9.59 Å². The summed E-state index contributed by atoms with van der Waals surface area (Å²) < 4.78 is 12.8. The van der Waals surface area contributed by atoms with Gasteiger partial charge >= 0.3 is 5.97 Å². The van der Waals surface area contributed by atoms with Gasteiger partial charge in [0.2, 0.25) is 0 Å². The zero-order valence-corrected chi connectivity index (χ0v) is 20.3. The van der Waals surface area contributed by atoms with Crippen LogP contribution >= 0.6 is 11.6 Å². The first-order chi connectivity index (χ1) is 16.9. The minimum atomic E-state index is -0.430. The van der Waals surface area contributed by atoms with Crippen LogP contribution in [0.1, 0.15) is 44.8 Å². The molecule has 1 amide bonds. The first-order valence-corrected chi connectivity index (χ1v) is 11.4. The van der Waals surface area contributed by atoms with Crippen molar-refractivity contribution >= 4 is 29.7 Å². The number of hydrazone groups is 1. The number of nitrogens with zero attached hydrogens (tertiary/aromatic N) is 2. The van der Waals surface area contributed by atoms with Crippen LogP contribution in [0.2, 0.25) is 5.02 Å². The third-order valence-electron chi connectivity index (χ3n) is 5.39. The average molecular weight is 490 g/mol. The zero-order chi connectivity index (χ0) is 24.9. The number of carbonyl (C=O) groups excluding carboxylic acids is 2. The van der Waals surface area contributed by atoms with E-state index in [0.717, 1.165) is 22.6 Å². The average Bonchev–Trinajstić information content (AvgIpc) is 3.45. The van der Waals surface area contributed by atoms with Crippen LogP contribution in [0.15, 0.2) is 76.2 Å². The number of furan rings is 1. The van der Waals surface area contributed by atoms with Gasteiger partial charge in [-0.05, 0) is 75.4 Å². The van der Waals surface area contributed by atoms with Gasteiger partial charge in [0.15, 0.2) is 0 Å². The summed E-state index contributed by atoms with van der Waals surface area (Å²) in [6.07, 6.45) is 1.41. The topological polar surface area (TPSA) is 85.8 Å². The molecular weight excluding hydrogens is 466 g/mol. The minimum absolute atomic E-state index is 0.317. The molecule has 1 N–H and O–H groups in total. The molecule has 0 bridgehead atoms. The van der Waals surface area contributed by atoms with Gasteiger partial charge in [-0.2, -0.15) is 5.10 Å². The number of rotatable bonds is 7. The molecule has 2 heterocycles. The molecule has 4 aromatic rings. The molecule has 178 valence electrons. The van der Waals surface area contributed by atoms with Gasteiger partial charge in [-0.3, -0.25) is 4.79 Å². The smallest absolute Gasteiger partial charge is 0.338 e.